The highest BCUT2D eigenvalue weighted by atomic mass is 32.1. The van der Waals surface area contributed by atoms with E-state index in [0.29, 0.717) is 0 Å². The molecular weight excluding hydrogens is 264 g/mol. The van der Waals surface area contributed by atoms with E-state index < -0.39 is 0 Å². The van der Waals surface area contributed by atoms with Crippen LogP contribution in [0.3, 0.4) is 0 Å². The first-order valence-corrected chi connectivity index (χ1v) is 8.16. The van der Waals surface area contributed by atoms with Crippen LogP contribution in [0.25, 0.3) is 10.1 Å². The van der Waals surface area contributed by atoms with Crippen molar-refractivity contribution in [2.75, 3.05) is 14.1 Å². The molecule has 0 saturated carbocycles. The zero-order valence-corrected chi connectivity index (χ0v) is 14.1. The van der Waals surface area contributed by atoms with Gasteiger partial charge in [0.15, 0.2) is 0 Å². The Morgan fingerprint density at radius 3 is 2.60 bits per heavy atom. The van der Waals surface area contributed by atoms with Crippen molar-refractivity contribution in [3.05, 3.63) is 34.7 Å². The summed E-state index contributed by atoms with van der Waals surface area (Å²) in [6.07, 6.45) is 1.16. The Kier molecular flexibility index (Phi) is 4.84. The maximum absolute atomic E-state index is 3.30. The zero-order valence-electron chi connectivity index (χ0n) is 13.3. The number of rotatable bonds is 6. The van der Waals surface area contributed by atoms with Crippen LogP contribution in [0.4, 0.5) is 0 Å². The van der Waals surface area contributed by atoms with E-state index in [1.807, 2.05) is 18.4 Å². The molecule has 0 saturated heterocycles. The van der Waals surface area contributed by atoms with E-state index in [1.54, 1.807) is 0 Å². The quantitative estimate of drug-likeness (QED) is 0.856. The molecular formula is C17H26N2S. The van der Waals surface area contributed by atoms with Crippen LogP contribution in [0, 0.1) is 0 Å². The lowest BCUT2D eigenvalue weighted by Gasteiger charge is -2.35. The Labute approximate surface area is 126 Å². The molecule has 0 aliphatic heterocycles. The van der Waals surface area contributed by atoms with Crippen molar-refractivity contribution in [2.24, 2.45) is 0 Å². The zero-order chi connectivity index (χ0) is 14.8. The molecule has 0 aliphatic carbocycles. The number of hydrogen-bond donors (Lipinski definition) is 1. The highest BCUT2D eigenvalue weighted by Crippen LogP contribution is 2.33. The fraction of sp³-hybridized carbons (Fsp3) is 0.529. The fourth-order valence-corrected chi connectivity index (χ4v) is 3.57. The van der Waals surface area contributed by atoms with Gasteiger partial charge in [-0.05, 0) is 51.4 Å². The first-order chi connectivity index (χ1) is 9.49. The summed E-state index contributed by atoms with van der Waals surface area (Å²) in [5, 5.41) is 4.72. The molecule has 1 heterocycles. The number of hydrogen-bond acceptors (Lipinski definition) is 3. The first-order valence-electron chi connectivity index (χ1n) is 7.34. The molecule has 1 aromatic heterocycles. The summed E-state index contributed by atoms with van der Waals surface area (Å²) in [6.45, 7) is 8.87. The second-order valence-electron chi connectivity index (χ2n) is 6.05. The Bertz CT molecular complexity index is 571. The smallest absolute Gasteiger partial charge is 0.0349 e. The number of thiophene rings is 1. The van der Waals surface area contributed by atoms with Crippen LogP contribution < -0.4 is 5.32 Å². The summed E-state index contributed by atoms with van der Waals surface area (Å²) >= 11 is 1.92. The predicted octanol–water partition coefficient (Wildman–Crippen LogP) is 4.24. The maximum Gasteiger partial charge on any atom is 0.0349 e. The monoisotopic (exact) mass is 290 g/mol. The van der Waals surface area contributed by atoms with Crippen LogP contribution in [0.15, 0.2) is 24.3 Å². The van der Waals surface area contributed by atoms with Gasteiger partial charge in [-0.2, -0.15) is 0 Å². The average molecular weight is 290 g/mol. The third kappa shape index (κ3) is 3.05. The van der Waals surface area contributed by atoms with Crippen molar-refractivity contribution < 1.29 is 0 Å². The lowest BCUT2D eigenvalue weighted by molar-refractivity contribution is 0.143. The Morgan fingerprint density at radius 1 is 1.25 bits per heavy atom. The van der Waals surface area contributed by atoms with Crippen molar-refractivity contribution in [2.45, 2.75) is 45.8 Å². The van der Waals surface area contributed by atoms with Crippen LogP contribution >= 0.6 is 11.3 Å². The van der Waals surface area contributed by atoms with Crippen molar-refractivity contribution in [1.82, 2.24) is 10.2 Å². The minimum Gasteiger partial charge on any atom is -0.315 e. The molecule has 3 heteroatoms. The van der Waals surface area contributed by atoms with E-state index in [2.05, 4.69) is 62.3 Å². The van der Waals surface area contributed by atoms with Crippen LogP contribution in [0.5, 0.6) is 0 Å². The fourth-order valence-electron chi connectivity index (χ4n) is 2.35. The van der Waals surface area contributed by atoms with Gasteiger partial charge in [0.05, 0.1) is 0 Å². The lowest BCUT2D eigenvalue weighted by atomic mass is 9.98. The second kappa shape index (κ2) is 6.25. The first kappa shape index (κ1) is 15.5. The summed E-state index contributed by atoms with van der Waals surface area (Å²) < 4.78 is 1.40. The van der Waals surface area contributed by atoms with E-state index in [0.717, 1.165) is 19.5 Å². The molecule has 0 radical (unpaired) electrons. The van der Waals surface area contributed by atoms with Gasteiger partial charge < -0.3 is 5.32 Å². The predicted molar refractivity (Wildman–Crippen MR) is 90.4 cm³/mol. The van der Waals surface area contributed by atoms with E-state index in [9.17, 15) is 0 Å². The molecule has 20 heavy (non-hydrogen) atoms. The van der Waals surface area contributed by atoms with Gasteiger partial charge in [0.25, 0.3) is 0 Å². The highest BCUT2D eigenvalue weighted by Gasteiger charge is 2.23. The molecule has 0 fully saturated rings. The summed E-state index contributed by atoms with van der Waals surface area (Å²) in [6, 6.07) is 8.76. The van der Waals surface area contributed by atoms with Gasteiger partial charge in [-0.15, -0.1) is 11.3 Å². The Hall–Kier alpha value is -0.900. The van der Waals surface area contributed by atoms with E-state index in [1.165, 1.54) is 20.5 Å². The molecule has 1 aromatic carbocycles. The largest absolute Gasteiger partial charge is 0.315 e. The summed E-state index contributed by atoms with van der Waals surface area (Å²) in [5.41, 5.74) is 1.73. The minimum atomic E-state index is 0.236. The molecule has 110 valence electrons. The van der Waals surface area contributed by atoms with Gasteiger partial charge in [0, 0.05) is 28.2 Å². The molecule has 0 atom stereocenters. The van der Waals surface area contributed by atoms with E-state index in [-0.39, 0.29) is 5.54 Å². The van der Waals surface area contributed by atoms with Gasteiger partial charge in [0.1, 0.15) is 0 Å². The van der Waals surface area contributed by atoms with Crippen LogP contribution in [-0.4, -0.2) is 24.5 Å². The van der Waals surface area contributed by atoms with Crippen molar-refractivity contribution in [1.29, 1.82) is 0 Å². The van der Waals surface area contributed by atoms with Gasteiger partial charge in [-0.3, -0.25) is 4.90 Å². The van der Waals surface area contributed by atoms with Gasteiger partial charge in [-0.25, -0.2) is 0 Å². The van der Waals surface area contributed by atoms with Crippen LogP contribution in [0.2, 0.25) is 0 Å². The molecule has 0 bridgehead atoms. The van der Waals surface area contributed by atoms with Gasteiger partial charge in [-0.1, -0.05) is 25.1 Å². The van der Waals surface area contributed by atoms with Crippen LogP contribution in [0.1, 0.15) is 37.6 Å². The molecule has 0 unspecified atom stereocenters. The van der Waals surface area contributed by atoms with Gasteiger partial charge in [0.2, 0.25) is 0 Å². The standard InChI is InChI=1S/C17H26N2S/c1-6-17(2,3)19(5)12-14-13-9-7-8-10-15(13)20-16(14)11-18-4/h7-10,18H,6,11-12H2,1-5H3. The third-order valence-electron chi connectivity index (χ3n) is 4.41. The van der Waals surface area contributed by atoms with Crippen molar-refractivity contribution in [3.63, 3.8) is 0 Å². The third-order valence-corrected chi connectivity index (χ3v) is 5.63. The lowest BCUT2D eigenvalue weighted by Crippen LogP contribution is -2.40. The Balaban J connectivity index is 2.39. The summed E-state index contributed by atoms with van der Waals surface area (Å²) in [4.78, 5) is 3.94. The second-order valence-corrected chi connectivity index (χ2v) is 7.19. The average Bonchev–Trinajstić information content (AvgIpc) is 2.77. The molecule has 2 nitrogen and oxygen atoms in total. The maximum atomic E-state index is 3.30. The Morgan fingerprint density at radius 2 is 1.95 bits per heavy atom. The minimum absolute atomic E-state index is 0.236. The topological polar surface area (TPSA) is 15.3 Å². The van der Waals surface area contributed by atoms with Gasteiger partial charge >= 0.3 is 0 Å². The normalized spacial score (nSPS) is 12.5. The molecule has 2 aromatic rings. The molecule has 0 spiro atoms. The number of nitrogens with zero attached hydrogens (tertiary/aromatic N) is 1. The molecule has 0 amide bonds. The number of nitrogens with one attached hydrogen (secondary N) is 1. The number of fused-ring (bicyclic) bond motifs is 1. The van der Waals surface area contributed by atoms with Crippen molar-refractivity contribution in [3.8, 4) is 0 Å². The summed E-state index contributed by atoms with van der Waals surface area (Å²) in [5.74, 6) is 0. The summed E-state index contributed by atoms with van der Waals surface area (Å²) in [7, 11) is 4.26. The van der Waals surface area contributed by atoms with Crippen LogP contribution in [-0.2, 0) is 13.1 Å². The van der Waals surface area contributed by atoms with Crippen molar-refractivity contribution >= 4 is 21.4 Å². The number of benzene rings is 1. The SMILES string of the molecule is CCC(C)(C)N(C)Cc1c(CNC)sc2ccccc12. The molecule has 1 N–H and O–H groups in total. The molecule has 2 rings (SSSR count). The van der Waals surface area contributed by atoms with E-state index in [4.69, 9.17) is 0 Å². The molecule has 0 aliphatic rings. The van der Waals surface area contributed by atoms with E-state index >= 15 is 0 Å². The highest BCUT2D eigenvalue weighted by molar-refractivity contribution is 7.19.